The molecule has 1 atom stereocenters. The van der Waals surface area contributed by atoms with E-state index in [0.29, 0.717) is 5.54 Å². The zero-order chi connectivity index (χ0) is 12.8. The molecule has 2 heteroatoms. The molecule has 3 rings (SSSR count). The average molecular weight is 250 g/mol. The first-order valence-electron chi connectivity index (χ1n) is 8.20. The van der Waals surface area contributed by atoms with E-state index >= 15 is 0 Å². The maximum absolute atomic E-state index is 3.84. The van der Waals surface area contributed by atoms with Gasteiger partial charge in [-0.2, -0.15) is 0 Å². The summed E-state index contributed by atoms with van der Waals surface area (Å²) in [6.07, 6.45) is 8.56. The minimum absolute atomic E-state index is 0.397. The SMILES string of the molecule is CCC1(CC)CN(C(C2CC2)C2CC2)C(C)CN1. The van der Waals surface area contributed by atoms with E-state index in [-0.39, 0.29) is 0 Å². The minimum atomic E-state index is 0.397. The molecule has 104 valence electrons. The molecule has 3 fully saturated rings. The van der Waals surface area contributed by atoms with Crippen LogP contribution in [-0.2, 0) is 0 Å². The van der Waals surface area contributed by atoms with Gasteiger partial charge in [-0.3, -0.25) is 4.90 Å². The third-order valence-corrected chi connectivity index (χ3v) is 5.77. The predicted molar refractivity (Wildman–Crippen MR) is 76.7 cm³/mol. The summed E-state index contributed by atoms with van der Waals surface area (Å²) in [4.78, 5) is 2.90. The monoisotopic (exact) mass is 250 g/mol. The van der Waals surface area contributed by atoms with Gasteiger partial charge in [0.1, 0.15) is 0 Å². The van der Waals surface area contributed by atoms with E-state index in [9.17, 15) is 0 Å². The normalized spacial score (nSPS) is 33.0. The van der Waals surface area contributed by atoms with Crippen molar-refractivity contribution < 1.29 is 0 Å². The van der Waals surface area contributed by atoms with Crippen LogP contribution in [0.1, 0.15) is 59.3 Å². The van der Waals surface area contributed by atoms with Gasteiger partial charge in [0.25, 0.3) is 0 Å². The second kappa shape index (κ2) is 4.79. The van der Waals surface area contributed by atoms with Crippen molar-refractivity contribution in [1.82, 2.24) is 10.2 Å². The molecule has 1 saturated heterocycles. The van der Waals surface area contributed by atoms with Crippen molar-refractivity contribution in [2.45, 2.75) is 76.9 Å². The zero-order valence-corrected chi connectivity index (χ0v) is 12.4. The molecule has 0 radical (unpaired) electrons. The van der Waals surface area contributed by atoms with E-state index in [4.69, 9.17) is 0 Å². The van der Waals surface area contributed by atoms with E-state index in [2.05, 4.69) is 31.0 Å². The summed E-state index contributed by atoms with van der Waals surface area (Å²) in [7, 11) is 0. The molecule has 18 heavy (non-hydrogen) atoms. The fourth-order valence-electron chi connectivity index (χ4n) is 3.97. The van der Waals surface area contributed by atoms with Crippen molar-refractivity contribution in [2.75, 3.05) is 13.1 Å². The summed E-state index contributed by atoms with van der Waals surface area (Å²) >= 11 is 0. The Labute approximate surface area is 113 Å². The molecular formula is C16H30N2. The number of piperazine rings is 1. The Bertz CT molecular complexity index is 277. The highest BCUT2D eigenvalue weighted by Gasteiger charge is 2.48. The molecule has 1 unspecified atom stereocenters. The molecule has 1 heterocycles. The third-order valence-electron chi connectivity index (χ3n) is 5.77. The fourth-order valence-corrected chi connectivity index (χ4v) is 3.97. The third kappa shape index (κ3) is 2.34. The van der Waals surface area contributed by atoms with Crippen molar-refractivity contribution in [2.24, 2.45) is 11.8 Å². The molecular weight excluding hydrogens is 220 g/mol. The number of rotatable bonds is 5. The van der Waals surface area contributed by atoms with Gasteiger partial charge in [0.2, 0.25) is 0 Å². The Morgan fingerprint density at radius 1 is 1.11 bits per heavy atom. The van der Waals surface area contributed by atoms with E-state index in [1.54, 1.807) is 0 Å². The molecule has 0 spiro atoms. The Balaban J connectivity index is 1.75. The van der Waals surface area contributed by atoms with Crippen LogP contribution in [0.3, 0.4) is 0 Å². The van der Waals surface area contributed by atoms with Gasteiger partial charge in [0.05, 0.1) is 0 Å². The molecule has 1 N–H and O–H groups in total. The lowest BCUT2D eigenvalue weighted by atomic mass is 9.86. The van der Waals surface area contributed by atoms with Crippen LogP contribution in [0.2, 0.25) is 0 Å². The van der Waals surface area contributed by atoms with E-state index in [1.807, 2.05) is 0 Å². The number of nitrogens with one attached hydrogen (secondary N) is 1. The molecule has 0 amide bonds. The highest BCUT2D eigenvalue weighted by molar-refractivity contribution is 5.04. The first-order chi connectivity index (χ1) is 8.69. The number of hydrogen-bond donors (Lipinski definition) is 1. The Kier molecular flexibility index (Phi) is 3.44. The van der Waals surface area contributed by atoms with Crippen LogP contribution in [0.4, 0.5) is 0 Å². The van der Waals surface area contributed by atoms with E-state index in [1.165, 1.54) is 51.6 Å². The molecule has 2 saturated carbocycles. The molecule has 1 aliphatic heterocycles. The molecule has 0 aromatic rings. The summed E-state index contributed by atoms with van der Waals surface area (Å²) in [5.41, 5.74) is 0.397. The highest BCUT2D eigenvalue weighted by atomic mass is 15.3. The van der Waals surface area contributed by atoms with Gasteiger partial charge < -0.3 is 5.32 Å². The van der Waals surface area contributed by atoms with Crippen LogP contribution in [0.5, 0.6) is 0 Å². The second-order valence-electron chi connectivity index (χ2n) is 7.06. The maximum Gasteiger partial charge on any atom is 0.0304 e. The van der Waals surface area contributed by atoms with Crippen LogP contribution < -0.4 is 5.32 Å². The van der Waals surface area contributed by atoms with Gasteiger partial charge >= 0.3 is 0 Å². The van der Waals surface area contributed by atoms with Gasteiger partial charge in [0.15, 0.2) is 0 Å². The van der Waals surface area contributed by atoms with Gasteiger partial charge in [0, 0.05) is 30.7 Å². The van der Waals surface area contributed by atoms with Crippen LogP contribution in [0.25, 0.3) is 0 Å². The lowest BCUT2D eigenvalue weighted by Crippen LogP contribution is -2.65. The van der Waals surface area contributed by atoms with Crippen LogP contribution >= 0.6 is 0 Å². The number of nitrogens with zero attached hydrogens (tertiary/aromatic N) is 1. The predicted octanol–water partition coefficient (Wildman–Crippen LogP) is 3.03. The first-order valence-corrected chi connectivity index (χ1v) is 8.20. The van der Waals surface area contributed by atoms with Crippen LogP contribution in [-0.4, -0.2) is 35.6 Å². The quantitative estimate of drug-likeness (QED) is 0.807. The average Bonchev–Trinajstić information content (AvgIpc) is 3.26. The van der Waals surface area contributed by atoms with E-state index in [0.717, 1.165) is 23.9 Å². The maximum atomic E-state index is 3.84. The molecule has 0 aromatic carbocycles. The molecule has 0 aromatic heterocycles. The second-order valence-corrected chi connectivity index (χ2v) is 7.06. The highest BCUT2D eigenvalue weighted by Crippen LogP contribution is 2.48. The summed E-state index contributed by atoms with van der Waals surface area (Å²) < 4.78 is 0. The van der Waals surface area contributed by atoms with Gasteiger partial charge in [-0.1, -0.05) is 13.8 Å². The molecule has 2 aliphatic carbocycles. The zero-order valence-electron chi connectivity index (χ0n) is 12.4. The Hall–Kier alpha value is -0.0800. The summed E-state index contributed by atoms with van der Waals surface area (Å²) in [5.74, 6) is 2.09. The largest absolute Gasteiger partial charge is 0.308 e. The summed E-state index contributed by atoms with van der Waals surface area (Å²) in [6, 6.07) is 1.67. The fraction of sp³-hybridized carbons (Fsp3) is 1.00. The van der Waals surface area contributed by atoms with E-state index < -0.39 is 0 Å². The van der Waals surface area contributed by atoms with Crippen molar-refractivity contribution in [3.05, 3.63) is 0 Å². The van der Waals surface area contributed by atoms with Crippen molar-refractivity contribution in [1.29, 1.82) is 0 Å². The van der Waals surface area contributed by atoms with Crippen LogP contribution in [0.15, 0.2) is 0 Å². The Morgan fingerprint density at radius 3 is 2.11 bits per heavy atom. The number of hydrogen-bond acceptors (Lipinski definition) is 2. The van der Waals surface area contributed by atoms with Crippen LogP contribution in [0, 0.1) is 11.8 Å². The molecule has 3 aliphatic rings. The summed E-state index contributed by atoms with van der Waals surface area (Å²) in [6.45, 7) is 9.62. The van der Waals surface area contributed by atoms with Crippen molar-refractivity contribution >= 4 is 0 Å². The Morgan fingerprint density at radius 2 is 1.67 bits per heavy atom. The van der Waals surface area contributed by atoms with Crippen molar-refractivity contribution in [3.8, 4) is 0 Å². The van der Waals surface area contributed by atoms with Crippen molar-refractivity contribution in [3.63, 3.8) is 0 Å². The molecule has 0 bridgehead atoms. The van der Waals surface area contributed by atoms with Gasteiger partial charge in [-0.05, 0) is 57.3 Å². The standard InChI is InChI=1S/C16H30N2/c1-4-16(5-2)11-18(12(3)10-17-16)15(13-6-7-13)14-8-9-14/h12-15,17H,4-11H2,1-3H3. The van der Waals surface area contributed by atoms with Gasteiger partial charge in [-0.15, -0.1) is 0 Å². The minimum Gasteiger partial charge on any atom is -0.308 e. The molecule has 2 nitrogen and oxygen atoms in total. The smallest absolute Gasteiger partial charge is 0.0304 e. The topological polar surface area (TPSA) is 15.3 Å². The first kappa shape index (κ1) is 12.9. The lowest BCUT2D eigenvalue weighted by molar-refractivity contribution is 0.0272. The lowest BCUT2D eigenvalue weighted by Gasteiger charge is -2.50. The summed E-state index contributed by atoms with van der Waals surface area (Å²) in [5, 5.41) is 3.84. The van der Waals surface area contributed by atoms with Gasteiger partial charge in [-0.25, -0.2) is 0 Å².